The van der Waals surface area contributed by atoms with Crippen molar-refractivity contribution in [3.63, 3.8) is 0 Å². The van der Waals surface area contributed by atoms with Crippen LogP contribution < -0.4 is 0 Å². The first kappa shape index (κ1) is 12.8. The highest BCUT2D eigenvalue weighted by Crippen LogP contribution is 2.17. The van der Waals surface area contributed by atoms with E-state index in [-0.39, 0.29) is 5.91 Å². The lowest BCUT2D eigenvalue weighted by Crippen LogP contribution is -2.32. The molecule has 1 aromatic heterocycles. The number of pyridine rings is 1. The number of hydrogen-bond acceptors (Lipinski definition) is 2. The van der Waals surface area contributed by atoms with Crippen molar-refractivity contribution in [3.8, 4) is 0 Å². The normalized spacial score (nSPS) is 10.6. The summed E-state index contributed by atoms with van der Waals surface area (Å²) in [7, 11) is 0. The van der Waals surface area contributed by atoms with E-state index in [9.17, 15) is 4.79 Å². The maximum absolute atomic E-state index is 12.4. The number of benzene rings is 1. The highest BCUT2D eigenvalue weighted by molar-refractivity contribution is 6.18. The number of halogens is 1. The lowest BCUT2D eigenvalue weighted by atomic mass is 10.1. The minimum absolute atomic E-state index is 0.0109. The van der Waals surface area contributed by atoms with Crippen molar-refractivity contribution in [1.82, 2.24) is 9.88 Å². The van der Waals surface area contributed by atoms with Gasteiger partial charge < -0.3 is 4.90 Å². The average molecular weight is 263 g/mol. The highest BCUT2D eigenvalue weighted by Gasteiger charge is 2.16. The zero-order chi connectivity index (χ0) is 13.0. The molecule has 1 amide bonds. The molecule has 0 aliphatic rings. The van der Waals surface area contributed by atoms with Crippen molar-refractivity contribution in [2.45, 2.75) is 6.92 Å². The van der Waals surface area contributed by atoms with Gasteiger partial charge in [-0.05, 0) is 19.1 Å². The van der Waals surface area contributed by atoms with E-state index in [1.165, 1.54) is 0 Å². The quantitative estimate of drug-likeness (QED) is 0.794. The zero-order valence-corrected chi connectivity index (χ0v) is 11.0. The number of hydrogen-bond donors (Lipinski definition) is 0. The fourth-order valence-corrected chi connectivity index (χ4v) is 2.16. The van der Waals surface area contributed by atoms with E-state index in [1.807, 2.05) is 31.2 Å². The number of alkyl halides is 1. The third-order valence-corrected chi connectivity index (χ3v) is 3.07. The van der Waals surface area contributed by atoms with E-state index in [4.69, 9.17) is 11.6 Å². The van der Waals surface area contributed by atoms with E-state index in [0.29, 0.717) is 24.5 Å². The molecular weight excluding hydrogens is 248 g/mol. The summed E-state index contributed by atoms with van der Waals surface area (Å²) in [5.74, 6) is 0.458. The number of amides is 1. The summed E-state index contributed by atoms with van der Waals surface area (Å²) >= 11 is 5.72. The molecule has 3 nitrogen and oxygen atoms in total. The van der Waals surface area contributed by atoms with Crippen LogP contribution in [-0.2, 0) is 0 Å². The number of rotatable bonds is 4. The summed E-state index contributed by atoms with van der Waals surface area (Å²) in [6, 6.07) is 9.42. The van der Waals surface area contributed by atoms with Gasteiger partial charge in [0, 0.05) is 30.6 Å². The van der Waals surface area contributed by atoms with Crippen molar-refractivity contribution in [1.29, 1.82) is 0 Å². The van der Waals surface area contributed by atoms with Crippen LogP contribution in [0.15, 0.2) is 36.5 Å². The molecule has 0 aliphatic carbocycles. The van der Waals surface area contributed by atoms with Crippen LogP contribution in [0.3, 0.4) is 0 Å². The first-order valence-corrected chi connectivity index (χ1v) is 6.50. The molecule has 0 atom stereocenters. The molecule has 1 aromatic carbocycles. The average Bonchev–Trinajstić information content (AvgIpc) is 2.43. The first-order valence-electron chi connectivity index (χ1n) is 5.97. The largest absolute Gasteiger partial charge is 0.338 e. The maximum atomic E-state index is 12.4. The Morgan fingerprint density at radius 2 is 2.11 bits per heavy atom. The van der Waals surface area contributed by atoms with Gasteiger partial charge in [-0.3, -0.25) is 9.78 Å². The predicted molar refractivity (Wildman–Crippen MR) is 74.0 cm³/mol. The molecule has 0 saturated heterocycles. The summed E-state index contributed by atoms with van der Waals surface area (Å²) in [5, 5.41) is 0.887. The molecule has 4 heteroatoms. The van der Waals surface area contributed by atoms with Crippen molar-refractivity contribution in [2.24, 2.45) is 0 Å². The molecule has 0 spiro atoms. The van der Waals surface area contributed by atoms with Crippen molar-refractivity contribution >= 4 is 28.4 Å². The molecule has 0 fully saturated rings. The van der Waals surface area contributed by atoms with Gasteiger partial charge in [0.2, 0.25) is 0 Å². The van der Waals surface area contributed by atoms with E-state index in [0.717, 1.165) is 10.9 Å². The summed E-state index contributed by atoms with van der Waals surface area (Å²) in [5.41, 5.74) is 1.53. The van der Waals surface area contributed by atoms with Crippen LogP contribution in [0.4, 0.5) is 0 Å². The first-order chi connectivity index (χ1) is 8.77. The van der Waals surface area contributed by atoms with E-state index >= 15 is 0 Å². The lowest BCUT2D eigenvalue weighted by molar-refractivity contribution is 0.0776. The number of para-hydroxylation sites is 1. The zero-order valence-electron chi connectivity index (χ0n) is 10.3. The van der Waals surface area contributed by atoms with Crippen molar-refractivity contribution in [3.05, 3.63) is 42.1 Å². The predicted octanol–water partition coefficient (Wildman–Crippen LogP) is 2.94. The van der Waals surface area contributed by atoms with Gasteiger partial charge in [-0.15, -0.1) is 11.6 Å². The molecule has 1 heterocycles. The smallest absolute Gasteiger partial charge is 0.254 e. The van der Waals surface area contributed by atoms with Crippen molar-refractivity contribution in [2.75, 3.05) is 19.0 Å². The Bertz CT molecular complexity index is 551. The minimum Gasteiger partial charge on any atom is -0.338 e. The van der Waals surface area contributed by atoms with Crippen LogP contribution in [0, 0.1) is 0 Å². The fraction of sp³-hybridized carbons (Fsp3) is 0.286. The van der Waals surface area contributed by atoms with Gasteiger partial charge in [-0.1, -0.05) is 18.2 Å². The molecule has 2 rings (SSSR count). The Labute approximate surface area is 111 Å². The van der Waals surface area contributed by atoms with Gasteiger partial charge in [-0.2, -0.15) is 0 Å². The molecule has 0 saturated carbocycles. The van der Waals surface area contributed by atoms with Gasteiger partial charge in [0.15, 0.2) is 0 Å². The van der Waals surface area contributed by atoms with Gasteiger partial charge >= 0.3 is 0 Å². The SMILES string of the molecule is CCN(CCCl)C(=O)c1ccnc2ccccc12. The molecule has 18 heavy (non-hydrogen) atoms. The molecule has 0 aliphatic heterocycles. The van der Waals surface area contributed by atoms with Crippen LogP contribution in [0.2, 0.25) is 0 Å². The molecule has 2 aromatic rings. The van der Waals surface area contributed by atoms with E-state index < -0.39 is 0 Å². The molecule has 0 radical (unpaired) electrons. The summed E-state index contributed by atoms with van der Waals surface area (Å²) in [4.78, 5) is 18.4. The molecular formula is C14H15ClN2O. The maximum Gasteiger partial charge on any atom is 0.254 e. The lowest BCUT2D eigenvalue weighted by Gasteiger charge is -2.20. The standard InChI is InChI=1S/C14H15ClN2O/c1-2-17(10-8-15)14(18)12-7-9-16-13-6-4-3-5-11(12)13/h3-7,9H,2,8,10H2,1H3. The van der Waals surface area contributed by atoms with Crippen LogP contribution in [0.5, 0.6) is 0 Å². The van der Waals surface area contributed by atoms with Gasteiger partial charge in [0.05, 0.1) is 11.1 Å². The third kappa shape index (κ3) is 2.46. The second kappa shape index (κ2) is 5.83. The Kier molecular flexibility index (Phi) is 4.15. The fourth-order valence-electron chi connectivity index (χ4n) is 1.96. The third-order valence-electron chi connectivity index (χ3n) is 2.90. The Morgan fingerprint density at radius 3 is 2.83 bits per heavy atom. The number of nitrogens with zero attached hydrogens (tertiary/aromatic N) is 2. The monoisotopic (exact) mass is 262 g/mol. The number of aromatic nitrogens is 1. The summed E-state index contributed by atoms with van der Waals surface area (Å²) in [6.07, 6.45) is 1.67. The van der Waals surface area contributed by atoms with Gasteiger partial charge in [0.25, 0.3) is 5.91 Å². The van der Waals surface area contributed by atoms with Crippen LogP contribution in [0.1, 0.15) is 17.3 Å². The van der Waals surface area contributed by atoms with E-state index in [1.54, 1.807) is 17.2 Å². The van der Waals surface area contributed by atoms with Crippen LogP contribution >= 0.6 is 11.6 Å². The molecule has 94 valence electrons. The highest BCUT2D eigenvalue weighted by atomic mass is 35.5. The van der Waals surface area contributed by atoms with Crippen LogP contribution in [0.25, 0.3) is 10.9 Å². The van der Waals surface area contributed by atoms with Gasteiger partial charge in [0.1, 0.15) is 0 Å². The Morgan fingerprint density at radius 1 is 1.33 bits per heavy atom. The molecule has 0 unspecified atom stereocenters. The number of carbonyl (C=O) groups excluding carboxylic acids is 1. The van der Waals surface area contributed by atoms with Gasteiger partial charge in [-0.25, -0.2) is 0 Å². The number of fused-ring (bicyclic) bond motifs is 1. The Balaban J connectivity index is 2.44. The topological polar surface area (TPSA) is 33.2 Å². The van der Waals surface area contributed by atoms with E-state index in [2.05, 4.69) is 4.98 Å². The van der Waals surface area contributed by atoms with Crippen LogP contribution in [-0.4, -0.2) is 34.8 Å². The second-order valence-corrected chi connectivity index (χ2v) is 4.33. The number of carbonyl (C=O) groups is 1. The molecule has 0 bridgehead atoms. The Hall–Kier alpha value is -1.61. The minimum atomic E-state index is 0.0109. The van der Waals surface area contributed by atoms with Crippen molar-refractivity contribution < 1.29 is 4.79 Å². The molecule has 0 N–H and O–H groups in total. The second-order valence-electron chi connectivity index (χ2n) is 3.95. The summed E-state index contributed by atoms with van der Waals surface area (Å²) in [6.45, 7) is 3.17. The summed E-state index contributed by atoms with van der Waals surface area (Å²) < 4.78 is 0.